The Bertz CT molecular complexity index is 851. The number of H-pyrrole nitrogens is 1. The van der Waals surface area contributed by atoms with E-state index in [1.165, 1.54) is 23.9 Å². The van der Waals surface area contributed by atoms with Crippen molar-refractivity contribution in [3.05, 3.63) is 28.7 Å². The molecule has 3 rings (SSSR count). The molecule has 1 aliphatic rings. The summed E-state index contributed by atoms with van der Waals surface area (Å²) in [6.07, 6.45) is 1.90. The summed E-state index contributed by atoms with van der Waals surface area (Å²) >= 11 is 1.21. The van der Waals surface area contributed by atoms with Crippen molar-refractivity contribution in [3.63, 3.8) is 0 Å². The van der Waals surface area contributed by atoms with E-state index in [1.807, 2.05) is 0 Å². The third kappa shape index (κ3) is 2.82. The van der Waals surface area contributed by atoms with Crippen LogP contribution >= 0.6 is 11.8 Å². The SMILES string of the molecule is Nc1cc(S(N)(=O)=O)ccc1Sc1n[nH]c(=O)n1C1CC1. The van der Waals surface area contributed by atoms with Crippen LogP contribution in [0, 0.1) is 0 Å². The fourth-order valence-corrected chi connectivity index (χ4v) is 3.39. The van der Waals surface area contributed by atoms with Gasteiger partial charge in [-0.15, -0.1) is 5.10 Å². The Hall–Kier alpha value is -1.78. The molecular formula is C11H13N5O3S2. The number of hydrogen-bond donors (Lipinski definition) is 3. The van der Waals surface area contributed by atoms with Crippen molar-refractivity contribution < 1.29 is 8.42 Å². The van der Waals surface area contributed by atoms with Crippen LogP contribution in [-0.2, 0) is 10.0 Å². The normalized spacial score (nSPS) is 15.3. The van der Waals surface area contributed by atoms with E-state index < -0.39 is 10.0 Å². The number of anilines is 1. The molecule has 0 aliphatic heterocycles. The highest BCUT2D eigenvalue weighted by molar-refractivity contribution is 7.99. The standard InChI is InChI=1S/C11H13N5O3S2/c12-8-5-7(21(13,18)19)3-4-9(8)20-11-15-14-10(17)16(11)6-1-2-6/h3-6H,1-2,12H2,(H,14,17)(H2,13,18,19). The highest BCUT2D eigenvalue weighted by Crippen LogP contribution is 2.39. The monoisotopic (exact) mass is 327 g/mol. The van der Waals surface area contributed by atoms with E-state index in [0.29, 0.717) is 10.1 Å². The zero-order valence-corrected chi connectivity index (χ0v) is 12.4. The van der Waals surface area contributed by atoms with Gasteiger partial charge in [0.25, 0.3) is 0 Å². The molecule has 0 radical (unpaired) electrons. The van der Waals surface area contributed by atoms with Crippen LogP contribution in [0.2, 0.25) is 0 Å². The largest absolute Gasteiger partial charge is 0.398 e. The molecule has 1 fully saturated rings. The molecule has 10 heteroatoms. The number of nitrogens with two attached hydrogens (primary N) is 2. The molecule has 2 aromatic rings. The molecule has 8 nitrogen and oxygen atoms in total. The maximum absolute atomic E-state index is 11.7. The Balaban J connectivity index is 1.94. The molecule has 0 saturated heterocycles. The second-order valence-electron chi connectivity index (χ2n) is 4.76. The number of aromatic amines is 1. The van der Waals surface area contributed by atoms with Gasteiger partial charge in [-0.3, -0.25) is 4.57 Å². The molecule has 1 aliphatic carbocycles. The molecule has 0 amide bonds. The van der Waals surface area contributed by atoms with Crippen LogP contribution in [0.25, 0.3) is 0 Å². The number of rotatable bonds is 4. The van der Waals surface area contributed by atoms with Crippen molar-refractivity contribution >= 4 is 27.5 Å². The van der Waals surface area contributed by atoms with Crippen LogP contribution in [-0.4, -0.2) is 23.2 Å². The molecule has 0 unspecified atom stereocenters. The first kappa shape index (κ1) is 14.2. The van der Waals surface area contributed by atoms with Gasteiger partial charge in [0.15, 0.2) is 5.16 Å². The third-order valence-corrected chi connectivity index (χ3v) is 5.07. The van der Waals surface area contributed by atoms with Crippen LogP contribution in [0.15, 0.2) is 37.9 Å². The van der Waals surface area contributed by atoms with E-state index in [-0.39, 0.29) is 22.3 Å². The molecule has 0 bridgehead atoms. The maximum atomic E-state index is 11.7. The van der Waals surface area contributed by atoms with Crippen molar-refractivity contribution in [3.8, 4) is 0 Å². The van der Waals surface area contributed by atoms with Crippen LogP contribution < -0.4 is 16.6 Å². The molecule has 0 atom stereocenters. The summed E-state index contributed by atoms with van der Waals surface area (Å²) in [5.74, 6) is 0. The molecule has 1 aromatic carbocycles. The summed E-state index contributed by atoms with van der Waals surface area (Å²) in [5.41, 5.74) is 5.87. The molecule has 1 heterocycles. The average molecular weight is 327 g/mol. The van der Waals surface area contributed by atoms with Crippen molar-refractivity contribution in [1.82, 2.24) is 14.8 Å². The van der Waals surface area contributed by atoms with Crippen molar-refractivity contribution in [2.24, 2.45) is 5.14 Å². The second kappa shape index (κ2) is 4.90. The average Bonchev–Trinajstić information content (AvgIpc) is 3.16. The maximum Gasteiger partial charge on any atom is 0.344 e. The minimum atomic E-state index is -3.79. The summed E-state index contributed by atoms with van der Waals surface area (Å²) in [7, 11) is -3.79. The van der Waals surface area contributed by atoms with Gasteiger partial charge >= 0.3 is 5.69 Å². The minimum Gasteiger partial charge on any atom is -0.398 e. The summed E-state index contributed by atoms with van der Waals surface area (Å²) in [4.78, 5) is 12.3. The van der Waals surface area contributed by atoms with Gasteiger partial charge in [0, 0.05) is 16.6 Å². The van der Waals surface area contributed by atoms with Crippen LogP contribution in [0.3, 0.4) is 0 Å². The van der Waals surface area contributed by atoms with Crippen LogP contribution in [0.4, 0.5) is 5.69 Å². The number of hydrogen-bond acceptors (Lipinski definition) is 6. The van der Waals surface area contributed by atoms with Gasteiger partial charge in [-0.05, 0) is 42.8 Å². The van der Waals surface area contributed by atoms with E-state index in [4.69, 9.17) is 10.9 Å². The summed E-state index contributed by atoms with van der Waals surface area (Å²) < 4.78 is 24.1. The summed E-state index contributed by atoms with van der Waals surface area (Å²) in [6.45, 7) is 0. The number of benzene rings is 1. The predicted molar refractivity (Wildman–Crippen MR) is 77.5 cm³/mol. The molecule has 0 spiro atoms. The Morgan fingerprint density at radius 2 is 2.10 bits per heavy atom. The van der Waals surface area contributed by atoms with E-state index >= 15 is 0 Å². The zero-order valence-electron chi connectivity index (χ0n) is 10.8. The Morgan fingerprint density at radius 3 is 2.67 bits per heavy atom. The van der Waals surface area contributed by atoms with E-state index in [2.05, 4.69) is 10.2 Å². The smallest absolute Gasteiger partial charge is 0.344 e. The van der Waals surface area contributed by atoms with Gasteiger partial charge < -0.3 is 5.73 Å². The lowest BCUT2D eigenvalue weighted by atomic mass is 10.3. The van der Waals surface area contributed by atoms with E-state index in [9.17, 15) is 13.2 Å². The van der Waals surface area contributed by atoms with Gasteiger partial charge in [0.05, 0.1) is 4.90 Å². The van der Waals surface area contributed by atoms with Gasteiger partial charge in [-0.2, -0.15) is 0 Å². The summed E-state index contributed by atoms with van der Waals surface area (Å²) in [5, 5.41) is 12.0. The fraction of sp³-hybridized carbons (Fsp3) is 0.273. The topological polar surface area (TPSA) is 137 Å². The first-order chi connectivity index (χ1) is 9.86. The van der Waals surface area contributed by atoms with Crippen LogP contribution in [0.1, 0.15) is 18.9 Å². The van der Waals surface area contributed by atoms with Crippen molar-refractivity contribution in [2.45, 2.75) is 33.8 Å². The molecule has 1 aromatic heterocycles. The number of nitrogen functional groups attached to an aromatic ring is 1. The lowest BCUT2D eigenvalue weighted by molar-refractivity contribution is 0.598. The number of nitrogens with zero attached hydrogens (tertiary/aromatic N) is 2. The quantitative estimate of drug-likeness (QED) is 0.690. The van der Waals surface area contributed by atoms with Gasteiger partial charge in [0.1, 0.15) is 0 Å². The highest BCUT2D eigenvalue weighted by atomic mass is 32.2. The number of nitrogens with one attached hydrogen (secondary N) is 1. The zero-order chi connectivity index (χ0) is 15.2. The predicted octanol–water partition coefficient (Wildman–Crippen LogP) is 0.287. The molecule has 112 valence electrons. The van der Waals surface area contributed by atoms with Gasteiger partial charge in [-0.1, -0.05) is 0 Å². The lowest BCUT2D eigenvalue weighted by Gasteiger charge is -2.07. The number of primary sulfonamides is 1. The molecular weight excluding hydrogens is 314 g/mol. The highest BCUT2D eigenvalue weighted by Gasteiger charge is 2.29. The van der Waals surface area contributed by atoms with Gasteiger partial charge in [-0.25, -0.2) is 23.4 Å². The van der Waals surface area contributed by atoms with Crippen molar-refractivity contribution in [1.29, 1.82) is 0 Å². The Labute approximate surface area is 124 Å². The summed E-state index contributed by atoms with van der Waals surface area (Å²) in [6, 6.07) is 4.41. The molecule has 5 N–H and O–H groups in total. The Kier molecular flexibility index (Phi) is 3.30. The second-order valence-corrected chi connectivity index (χ2v) is 7.33. The number of sulfonamides is 1. The first-order valence-corrected chi connectivity index (χ1v) is 8.49. The lowest BCUT2D eigenvalue weighted by Crippen LogP contribution is -2.16. The Morgan fingerprint density at radius 1 is 1.38 bits per heavy atom. The fourth-order valence-electron chi connectivity index (χ4n) is 1.91. The first-order valence-electron chi connectivity index (χ1n) is 6.13. The third-order valence-electron chi connectivity index (χ3n) is 3.10. The number of aromatic nitrogens is 3. The molecule has 1 saturated carbocycles. The minimum absolute atomic E-state index is 0.0500. The van der Waals surface area contributed by atoms with E-state index in [1.54, 1.807) is 10.6 Å². The van der Waals surface area contributed by atoms with Crippen molar-refractivity contribution in [2.75, 3.05) is 5.73 Å². The molecule has 21 heavy (non-hydrogen) atoms. The van der Waals surface area contributed by atoms with Crippen LogP contribution in [0.5, 0.6) is 0 Å². The van der Waals surface area contributed by atoms with E-state index in [0.717, 1.165) is 12.8 Å². The van der Waals surface area contributed by atoms with Gasteiger partial charge in [0.2, 0.25) is 10.0 Å².